The van der Waals surface area contributed by atoms with Gasteiger partial charge in [0.05, 0.1) is 22.6 Å². The third-order valence-corrected chi connectivity index (χ3v) is 5.04. The van der Waals surface area contributed by atoms with Gasteiger partial charge >= 0.3 is 6.18 Å². The van der Waals surface area contributed by atoms with Crippen molar-refractivity contribution < 1.29 is 27.5 Å². The molecule has 0 bridgehead atoms. The SMILES string of the molecule is CC(=O)Nc1ccc(C(F)(F)F)cc1NC(=O)c1cccc(OCc2cn3cc(C)ccc3n2)c1. The zero-order valence-electron chi connectivity index (χ0n) is 18.8. The van der Waals surface area contributed by atoms with Gasteiger partial charge in [-0.3, -0.25) is 9.59 Å². The van der Waals surface area contributed by atoms with Crippen molar-refractivity contribution in [2.24, 2.45) is 0 Å². The number of ether oxygens (including phenoxy) is 1. The molecule has 4 rings (SSSR count). The minimum absolute atomic E-state index is 0.0494. The molecule has 0 saturated heterocycles. The molecule has 0 aliphatic carbocycles. The number of imidazole rings is 1. The van der Waals surface area contributed by atoms with Crippen LogP contribution in [0.4, 0.5) is 24.5 Å². The first-order valence-corrected chi connectivity index (χ1v) is 10.6. The van der Waals surface area contributed by atoms with Crippen LogP contribution in [0.2, 0.25) is 0 Å². The van der Waals surface area contributed by atoms with Crippen LogP contribution in [0.25, 0.3) is 5.65 Å². The van der Waals surface area contributed by atoms with Gasteiger partial charge in [-0.25, -0.2) is 4.98 Å². The quantitative estimate of drug-likeness (QED) is 0.383. The fourth-order valence-corrected chi connectivity index (χ4v) is 3.43. The molecule has 0 aliphatic rings. The van der Waals surface area contributed by atoms with Gasteiger partial charge in [0.25, 0.3) is 5.91 Å². The average Bonchev–Trinajstić information content (AvgIpc) is 3.20. The van der Waals surface area contributed by atoms with Crippen molar-refractivity contribution in [3.63, 3.8) is 0 Å². The number of hydrogen-bond donors (Lipinski definition) is 2. The number of rotatable bonds is 6. The zero-order valence-corrected chi connectivity index (χ0v) is 18.8. The van der Waals surface area contributed by atoms with Gasteiger partial charge in [0.1, 0.15) is 18.0 Å². The van der Waals surface area contributed by atoms with Crippen LogP contribution in [0, 0.1) is 6.92 Å². The van der Waals surface area contributed by atoms with Crippen LogP contribution in [0.1, 0.15) is 34.1 Å². The third kappa shape index (κ3) is 5.78. The number of nitrogens with zero attached hydrogens (tertiary/aromatic N) is 2. The summed E-state index contributed by atoms with van der Waals surface area (Å²) in [6.45, 7) is 3.35. The van der Waals surface area contributed by atoms with Gasteiger partial charge in [-0.1, -0.05) is 12.1 Å². The second-order valence-corrected chi connectivity index (χ2v) is 7.91. The molecule has 0 radical (unpaired) electrons. The summed E-state index contributed by atoms with van der Waals surface area (Å²) in [5, 5.41) is 4.86. The molecule has 0 unspecified atom stereocenters. The molecule has 2 aromatic carbocycles. The van der Waals surface area contributed by atoms with E-state index in [0.29, 0.717) is 11.4 Å². The van der Waals surface area contributed by atoms with E-state index < -0.39 is 23.6 Å². The Kier molecular flexibility index (Phi) is 6.46. The predicted molar refractivity (Wildman–Crippen MR) is 124 cm³/mol. The second kappa shape index (κ2) is 9.49. The van der Waals surface area contributed by atoms with Crippen molar-refractivity contribution in [1.29, 1.82) is 0 Å². The molecule has 2 N–H and O–H groups in total. The number of aryl methyl sites for hydroxylation is 1. The molecule has 0 atom stereocenters. The first kappa shape index (κ1) is 23.8. The third-order valence-electron chi connectivity index (χ3n) is 5.04. The summed E-state index contributed by atoms with van der Waals surface area (Å²) in [7, 11) is 0. The second-order valence-electron chi connectivity index (χ2n) is 7.91. The molecule has 10 heteroatoms. The average molecular weight is 482 g/mol. The van der Waals surface area contributed by atoms with Gasteiger partial charge in [0, 0.05) is 24.9 Å². The minimum Gasteiger partial charge on any atom is -0.487 e. The summed E-state index contributed by atoms with van der Waals surface area (Å²) in [6, 6.07) is 12.8. The number of anilines is 2. The van der Waals surface area contributed by atoms with Crippen LogP contribution in [0.3, 0.4) is 0 Å². The maximum atomic E-state index is 13.2. The lowest BCUT2D eigenvalue weighted by molar-refractivity contribution is -0.137. The first-order chi connectivity index (χ1) is 16.6. The number of amides is 2. The highest BCUT2D eigenvalue weighted by Crippen LogP contribution is 2.34. The largest absolute Gasteiger partial charge is 0.487 e. The fourth-order valence-electron chi connectivity index (χ4n) is 3.43. The van der Waals surface area contributed by atoms with E-state index in [0.717, 1.165) is 29.4 Å². The Morgan fingerprint density at radius 2 is 1.80 bits per heavy atom. The van der Waals surface area contributed by atoms with Gasteiger partial charge in [-0.05, 0) is 55.0 Å². The number of aromatic nitrogens is 2. The summed E-state index contributed by atoms with van der Waals surface area (Å²) in [5.41, 5.74) is 1.64. The summed E-state index contributed by atoms with van der Waals surface area (Å²) in [5.74, 6) is -0.764. The fraction of sp³-hybridized carbons (Fsp3) is 0.160. The number of alkyl halides is 3. The number of carbonyl (C=O) groups is 2. The molecule has 0 spiro atoms. The smallest absolute Gasteiger partial charge is 0.416 e. The lowest BCUT2D eigenvalue weighted by Gasteiger charge is -2.15. The number of hydrogen-bond acceptors (Lipinski definition) is 4. The van der Waals surface area contributed by atoms with Gasteiger partial charge in [0.15, 0.2) is 0 Å². The van der Waals surface area contributed by atoms with E-state index in [2.05, 4.69) is 15.6 Å². The number of halogens is 3. The topological polar surface area (TPSA) is 84.7 Å². The summed E-state index contributed by atoms with van der Waals surface area (Å²) in [6.07, 6.45) is -0.825. The lowest BCUT2D eigenvalue weighted by Crippen LogP contribution is -2.16. The van der Waals surface area contributed by atoms with Gasteiger partial charge in [-0.15, -0.1) is 0 Å². The molecule has 2 amide bonds. The first-order valence-electron chi connectivity index (χ1n) is 10.6. The number of fused-ring (bicyclic) bond motifs is 1. The van der Waals surface area contributed by atoms with E-state index in [1.165, 1.54) is 19.1 Å². The number of benzene rings is 2. The standard InChI is InChI=1S/C25H21F3N4O3/c1-15-6-9-23-30-19(13-32(23)12-15)14-35-20-5-3-4-17(10-20)24(34)31-22-11-18(25(26,27)28)7-8-21(22)29-16(2)33/h3-13H,14H2,1-2H3,(H,29,33)(H,31,34). The van der Waals surface area contributed by atoms with Crippen molar-refractivity contribution in [2.75, 3.05) is 10.6 Å². The Morgan fingerprint density at radius 3 is 2.54 bits per heavy atom. The van der Waals surface area contributed by atoms with Crippen LogP contribution in [-0.2, 0) is 17.6 Å². The van der Waals surface area contributed by atoms with E-state index in [4.69, 9.17) is 4.74 Å². The molecular formula is C25H21F3N4O3. The summed E-state index contributed by atoms with van der Waals surface area (Å²) >= 11 is 0. The molecule has 180 valence electrons. The van der Waals surface area contributed by atoms with E-state index in [-0.39, 0.29) is 23.5 Å². The number of pyridine rings is 1. The Bertz CT molecular complexity index is 1410. The van der Waals surface area contributed by atoms with E-state index in [1.807, 2.05) is 35.9 Å². The van der Waals surface area contributed by atoms with Crippen LogP contribution in [-0.4, -0.2) is 21.2 Å². The zero-order chi connectivity index (χ0) is 25.2. The highest BCUT2D eigenvalue weighted by Gasteiger charge is 2.31. The minimum atomic E-state index is -4.61. The van der Waals surface area contributed by atoms with Crippen molar-refractivity contribution in [3.05, 3.63) is 89.4 Å². The molecule has 35 heavy (non-hydrogen) atoms. The van der Waals surface area contributed by atoms with E-state index >= 15 is 0 Å². The van der Waals surface area contributed by atoms with Crippen LogP contribution in [0.5, 0.6) is 5.75 Å². The molecule has 4 aromatic rings. The molecule has 2 aromatic heterocycles. The molecule has 7 nitrogen and oxygen atoms in total. The van der Waals surface area contributed by atoms with Crippen molar-refractivity contribution in [1.82, 2.24) is 9.38 Å². The van der Waals surface area contributed by atoms with Crippen molar-refractivity contribution in [3.8, 4) is 5.75 Å². The Hall–Kier alpha value is -4.34. The van der Waals surface area contributed by atoms with Gasteiger partial charge in [-0.2, -0.15) is 13.2 Å². The molecule has 0 aliphatic heterocycles. The Balaban J connectivity index is 1.51. The highest BCUT2D eigenvalue weighted by atomic mass is 19.4. The maximum absolute atomic E-state index is 13.2. The monoisotopic (exact) mass is 482 g/mol. The number of carbonyl (C=O) groups excluding carboxylic acids is 2. The Labute approximate surface area is 198 Å². The molecule has 2 heterocycles. The molecular weight excluding hydrogens is 461 g/mol. The van der Waals surface area contributed by atoms with Crippen molar-refractivity contribution >= 4 is 28.8 Å². The molecule has 0 fully saturated rings. The lowest BCUT2D eigenvalue weighted by atomic mass is 10.1. The summed E-state index contributed by atoms with van der Waals surface area (Å²) in [4.78, 5) is 28.7. The van der Waals surface area contributed by atoms with Gasteiger partial charge in [0.2, 0.25) is 5.91 Å². The van der Waals surface area contributed by atoms with Crippen LogP contribution in [0.15, 0.2) is 67.0 Å². The predicted octanol–water partition coefficient (Wildman–Crippen LogP) is 5.45. The molecule has 0 saturated carbocycles. The normalized spacial score (nSPS) is 11.3. The highest BCUT2D eigenvalue weighted by molar-refractivity contribution is 6.07. The maximum Gasteiger partial charge on any atom is 0.416 e. The summed E-state index contributed by atoms with van der Waals surface area (Å²) < 4.78 is 47.2. The van der Waals surface area contributed by atoms with Crippen molar-refractivity contribution in [2.45, 2.75) is 26.6 Å². The van der Waals surface area contributed by atoms with E-state index in [1.54, 1.807) is 12.1 Å². The Morgan fingerprint density at radius 1 is 1.00 bits per heavy atom. The van der Waals surface area contributed by atoms with Gasteiger partial charge < -0.3 is 19.8 Å². The van der Waals surface area contributed by atoms with E-state index in [9.17, 15) is 22.8 Å². The number of nitrogens with one attached hydrogen (secondary N) is 2. The van der Waals surface area contributed by atoms with Crippen LogP contribution >= 0.6 is 0 Å². The van der Waals surface area contributed by atoms with Crippen LogP contribution < -0.4 is 15.4 Å².